The summed E-state index contributed by atoms with van der Waals surface area (Å²) >= 11 is 0. The van der Waals surface area contributed by atoms with Crippen LogP contribution in [0.15, 0.2) is 48.3 Å². The molecule has 0 radical (unpaired) electrons. The Hall–Kier alpha value is -3.13. The Kier molecular flexibility index (Phi) is 11.8. The third-order valence-corrected chi connectivity index (χ3v) is 8.85. The highest BCUT2D eigenvalue weighted by Gasteiger charge is 2.52. The molecule has 2 fully saturated rings. The van der Waals surface area contributed by atoms with Crippen LogP contribution in [-0.2, 0) is 33.2 Å². The topological polar surface area (TPSA) is 233 Å². The molecule has 4 aliphatic rings. The maximum absolute atomic E-state index is 12.6. The van der Waals surface area contributed by atoms with Crippen molar-refractivity contribution in [2.24, 2.45) is 11.8 Å². The lowest BCUT2D eigenvalue weighted by Crippen LogP contribution is -2.60. The number of ether oxygens (including phenoxy) is 8. The third kappa shape index (κ3) is 7.39. The van der Waals surface area contributed by atoms with E-state index in [-0.39, 0.29) is 0 Å². The average molecular weight is 683 g/mol. The molecule has 1 aromatic carbocycles. The molecule has 16 heteroatoms. The van der Waals surface area contributed by atoms with Gasteiger partial charge in [0.2, 0.25) is 6.29 Å². The van der Waals surface area contributed by atoms with Crippen LogP contribution in [0.4, 0.5) is 0 Å². The maximum Gasteiger partial charge on any atom is 0.331 e. The van der Waals surface area contributed by atoms with E-state index in [1.54, 1.807) is 37.3 Å². The predicted octanol–water partition coefficient (Wildman–Crippen LogP) is -1.67. The van der Waals surface area contributed by atoms with E-state index in [9.17, 15) is 40.5 Å². The summed E-state index contributed by atoms with van der Waals surface area (Å²) in [6.07, 6.45) is -9.11. The zero-order chi connectivity index (χ0) is 34.7. The number of aliphatic hydroxyl groups excluding tert-OH is 7. The molecule has 1 aromatic rings. The molecule has 14 unspecified atom stereocenters. The summed E-state index contributed by atoms with van der Waals surface area (Å²) in [5.74, 6) is -1.04. The van der Waals surface area contributed by atoms with Gasteiger partial charge < -0.3 is 73.6 Å². The van der Waals surface area contributed by atoms with Crippen molar-refractivity contribution in [3.05, 3.63) is 53.8 Å². The minimum absolute atomic E-state index is 0.427. The van der Waals surface area contributed by atoms with Crippen LogP contribution in [0.2, 0.25) is 0 Å². The quantitative estimate of drug-likeness (QED) is 0.0786. The first-order valence-corrected chi connectivity index (χ1v) is 15.4. The summed E-state index contributed by atoms with van der Waals surface area (Å²) in [6.45, 7) is 0.464. The van der Waals surface area contributed by atoms with Gasteiger partial charge in [-0.2, -0.15) is 0 Å². The Bertz CT molecular complexity index is 1350. The molecule has 3 heterocycles. The Morgan fingerprint density at radius 3 is 2.27 bits per heavy atom. The third-order valence-electron chi connectivity index (χ3n) is 8.85. The first-order chi connectivity index (χ1) is 23.0. The van der Waals surface area contributed by atoms with Gasteiger partial charge in [0.25, 0.3) is 0 Å². The molecule has 1 aliphatic carbocycles. The fraction of sp³-hybridized carbons (Fsp3) is 0.594. The van der Waals surface area contributed by atoms with Gasteiger partial charge in [-0.3, -0.25) is 0 Å². The van der Waals surface area contributed by atoms with E-state index in [2.05, 4.69) is 0 Å². The van der Waals surface area contributed by atoms with Crippen LogP contribution >= 0.6 is 0 Å². The molecule has 0 aromatic heterocycles. The number of esters is 1. The molecule has 16 nitrogen and oxygen atoms in total. The Balaban J connectivity index is 1.21. The number of hydrogen-bond donors (Lipinski definition) is 7. The van der Waals surface area contributed by atoms with Crippen LogP contribution in [0.3, 0.4) is 0 Å². The standard InChI is InChI=1S/C32H42O16/c1-14-29(47-22(35)7-5-15-4-6-18(41-2)20(10-15)42-3)26(38)28(40)31(44-14)45-19-11-16(12-33)23-17(19)8-9-43-30(23)48-32-27(39)25(37)24(36)21(13-34)46-32/h4-11,14,17,19,21,23-34,36-40H,12-13H2,1-3H3. The Morgan fingerprint density at radius 1 is 0.875 bits per heavy atom. The van der Waals surface area contributed by atoms with Crippen molar-refractivity contribution < 1.29 is 78.4 Å². The molecule has 266 valence electrons. The summed E-state index contributed by atoms with van der Waals surface area (Å²) in [7, 11) is 2.99. The van der Waals surface area contributed by atoms with Gasteiger partial charge in [0, 0.05) is 12.0 Å². The van der Waals surface area contributed by atoms with Gasteiger partial charge in [0.05, 0.1) is 51.8 Å². The van der Waals surface area contributed by atoms with E-state index in [0.717, 1.165) is 6.08 Å². The fourth-order valence-electron chi connectivity index (χ4n) is 6.21. The van der Waals surface area contributed by atoms with Crippen LogP contribution in [0.5, 0.6) is 11.5 Å². The number of methoxy groups -OCH3 is 2. The maximum atomic E-state index is 12.6. The smallest absolute Gasteiger partial charge is 0.331 e. The molecule has 0 amide bonds. The average Bonchev–Trinajstić information content (AvgIpc) is 3.46. The number of hydrogen-bond acceptors (Lipinski definition) is 16. The van der Waals surface area contributed by atoms with Crippen molar-refractivity contribution in [3.63, 3.8) is 0 Å². The minimum Gasteiger partial charge on any atom is -0.493 e. The number of benzene rings is 1. The van der Waals surface area contributed by atoms with Gasteiger partial charge in [-0.05, 0) is 42.3 Å². The number of aliphatic hydroxyl groups is 7. The molecule has 3 aliphatic heterocycles. The lowest BCUT2D eigenvalue weighted by molar-refractivity contribution is -0.341. The second-order valence-corrected chi connectivity index (χ2v) is 11.8. The van der Waals surface area contributed by atoms with E-state index in [1.165, 1.54) is 26.6 Å². The van der Waals surface area contributed by atoms with Gasteiger partial charge in [-0.25, -0.2) is 4.79 Å². The normalized spacial score (nSPS) is 39.4. The zero-order valence-corrected chi connectivity index (χ0v) is 26.4. The largest absolute Gasteiger partial charge is 0.493 e. The predicted molar refractivity (Wildman–Crippen MR) is 161 cm³/mol. The van der Waals surface area contributed by atoms with E-state index in [4.69, 9.17) is 37.9 Å². The van der Waals surface area contributed by atoms with E-state index < -0.39 is 105 Å². The fourth-order valence-corrected chi connectivity index (χ4v) is 6.21. The van der Waals surface area contributed by atoms with Crippen molar-refractivity contribution in [3.8, 4) is 11.5 Å². The van der Waals surface area contributed by atoms with Crippen LogP contribution in [0.1, 0.15) is 12.5 Å². The number of rotatable bonds is 11. The van der Waals surface area contributed by atoms with E-state index >= 15 is 0 Å². The molecular formula is C32H42O16. The number of carbonyl (C=O) groups is 1. The summed E-state index contributed by atoms with van der Waals surface area (Å²) < 4.78 is 44.7. The molecule has 48 heavy (non-hydrogen) atoms. The summed E-state index contributed by atoms with van der Waals surface area (Å²) in [5.41, 5.74) is 1.05. The molecule has 2 saturated heterocycles. The Labute approximate surface area is 275 Å². The van der Waals surface area contributed by atoms with Crippen molar-refractivity contribution >= 4 is 12.0 Å². The first-order valence-electron chi connectivity index (χ1n) is 15.4. The summed E-state index contributed by atoms with van der Waals surface area (Å²) in [6, 6.07) is 5.05. The lowest BCUT2D eigenvalue weighted by Gasteiger charge is -2.43. The second kappa shape index (κ2) is 15.6. The van der Waals surface area contributed by atoms with Crippen LogP contribution in [0.25, 0.3) is 6.08 Å². The van der Waals surface area contributed by atoms with Crippen molar-refractivity contribution in [2.45, 2.75) is 80.7 Å². The number of carbonyl (C=O) groups excluding carboxylic acids is 1. The molecule has 5 rings (SSSR count). The van der Waals surface area contributed by atoms with Gasteiger partial charge in [-0.15, -0.1) is 0 Å². The van der Waals surface area contributed by atoms with Crippen LogP contribution in [-0.4, -0.2) is 143 Å². The number of fused-ring (bicyclic) bond motifs is 1. The molecule has 0 saturated carbocycles. The monoisotopic (exact) mass is 682 g/mol. The molecular weight excluding hydrogens is 640 g/mol. The first kappa shape index (κ1) is 36.2. The highest BCUT2D eigenvalue weighted by molar-refractivity contribution is 5.87. The van der Waals surface area contributed by atoms with Crippen molar-refractivity contribution in [2.75, 3.05) is 27.4 Å². The minimum atomic E-state index is -1.68. The molecule has 14 atom stereocenters. The second-order valence-electron chi connectivity index (χ2n) is 11.8. The van der Waals surface area contributed by atoms with Crippen LogP contribution < -0.4 is 9.47 Å². The van der Waals surface area contributed by atoms with E-state index in [0.29, 0.717) is 22.6 Å². The van der Waals surface area contributed by atoms with Gasteiger partial charge in [0.15, 0.2) is 30.2 Å². The van der Waals surface area contributed by atoms with Gasteiger partial charge in [0.1, 0.15) is 36.6 Å². The van der Waals surface area contributed by atoms with Gasteiger partial charge in [-0.1, -0.05) is 12.1 Å². The lowest BCUT2D eigenvalue weighted by atomic mass is 9.88. The summed E-state index contributed by atoms with van der Waals surface area (Å²) in [4.78, 5) is 12.6. The Morgan fingerprint density at radius 2 is 1.58 bits per heavy atom. The molecule has 0 bridgehead atoms. The van der Waals surface area contributed by atoms with Crippen molar-refractivity contribution in [1.29, 1.82) is 0 Å². The molecule has 7 N–H and O–H groups in total. The SMILES string of the molecule is COc1ccc(C=CC(=O)OC2C(C)OC(OC3C=C(CO)C4C(OC5OC(CO)C(O)C(O)C5O)OC=CC34)C(O)C2O)cc1OC. The highest BCUT2D eigenvalue weighted by Crippen LogP contribution is 2.43. The summed E-state index contributed by atoms with van der Waals surface area (Å²) in [5, 5.41) is 72.2. The van der Waals surface area contributed by atoms with Crippen molar-refractivity contribution in [1.82, 2.24) is 0 Å². The van der Waals surface area contributed by atoms with Gasteiger partial charge >= 0.3 is 5.97 Å². The molecule has 0 spiro atoms. The zero-order valence-electron chi connectivity index (χ0n) is 26.4. The highest BCUT2D eigenvalue weighted by atomic mass is 16.8. The van der Waals surface area contributed by atoms with E-state index in [1.807, 2.05) is 0 Å². The van der Waals surface area contributed by atoms with Crippen LogP contribution in [0, 0.1) is 11.8 Å².